The molecule has 5 nitrogen and oxygen atoms in total. The molecular formula is C15H25NO4. The first-order chi connectivity index (χ1) is 9.24. The van der Waals surface area contributed by atoms with Crippen LogP contribution in [0.3, 0.4) is 0 Å². The number of nitrogens with zero attached hydrogens (tertiary/aromatic N) is 1. The third-order valence-electron chi connectivity index (χ3n) is 4.48. The molecule has 2 aliphatic rings. The molecule has 2 saturated heterocycles. The second-order valence-corrected chi connectivity index (χ2v) is 6.94. The average Bonchev–Trinajstić information content (AvgIpc) is 2.62. The summed E-state index contributed by atoms with van der Waals surface area (Å²) < 4.78 is 5.49. The fourth-order valence-electron chi connectivity index (χ4n) is 3.74. The molecule has 114 valence electrons. The van der Waals surface area contributed by atoms with Crippen LogP contribution in [0.1, 0.15) is 53.4 Å². The molecule has 0 aromatic carbocycles. The smallest absolute Gasteiger partial charge is 0.410 e. The highest BCUT2D eigenvalue weighted by atomic mass is 16.6. The van der Waals surface area contributed by atoms with Crippen LogP contribution in [-0.2, 0) is 9.53 Å². The monoisotopic (exact) mass is 283 g/mol. The number of carbonyl (C=O) groups is 2. The van der Waals surface area contributed by atoms with E-state index in [2.05, 4.69) is 0 Å². The standard InChI is InChI=1S/C15H25NO4/c1-5-10-11(13(17)18)8-9-6-7-12(10)16(9)14(19)20-15(2,3)4/h9-12H,5-8H2,1-4H3,(H,17,18). The lowest BCUT2D eigenvalue weighted by atomic mass is 9.78. The lowest BCUT2D eigenvalue weighted by molar-refractivity contribution is -0.147. The molecule has 0 aromatic heterocycles. The summed E-state index contributed by atoms with van der Waals surface area (Å²) in [5.74, 6) is -1.01. The van der Waals surface area contributed by atoms with Gasteiger partial charge in [-0.15, -0.1) is 0 Å². The van der Waals surface area contributed by atoms with Gasteiger partial charge in [0.15, 0.2) is 0 Å². The van der Waals surface area contributed by atoms with Gasteiger partial charge in [-0.05, 0) is 46.0 Å². The second kappa shape index (κ2) is 5.26. The molecule has 20 heavy (non-hydrogen) atoms. The van der Waals surface area contributed by atoms with Gasteiger partial charge >= 0.3 is 12.1 Å². The minimum atomic E-state index is -0.724. The van der Waals surface area contributed by atoms with E-state index in [1.165, 1.54) is 0 Å². The number of carbonyl (C=O) groups excluding carboxylic acids is 1. The molecule has 4 unspecified atom stereocenters. The largest absolute Gasteiger partial charge is 0.481 e. The second-order valence-electron chi connectivity index (χ2n) is 6.94. The molecule has 4 atom stereocenters. The SMILES string of the molecule is CCC1C(C(=O)O)CC2CCC1N2C(=O)OC(C)(C)C. The zero-order chi connectivity index (χ0) is 15.1. The average molecular weight is 283 g/mol. The Balaban J connectivity index is 2.18. The number of rotatable bonds is 2. The third kappa shape index (κ3) is 2.76. The summed E-state index contributed by atoms with van der Waals surface area (Å²) in [6, 6.07) is 0.0495. The van der Waals surface area contributed by atoms with Crippen molar-refractivity contribution in [2.75, 3.05) is 0 Å². The fraction of sp³-hybridized carbons (Fsp3) is 0.867. The Morgan fingerprint density at radius 2 is 1.95 bits per heavy atom. The third-order valence-corrected chi connectivity index (χ3v) is 4.48. The molecule has 2 rings (SSSR count). The summed E-state index contributed by atoms with van der Waals surface area (Å²) in [6.07, 6.45) is 2.85. The summed E-state index contributed by atoms with van der Waals surface area (Å²) in [5, 5.41) is 9.38. The van der Waals surface area contributed by atoms with Gasteiger partial charge < -0.3 is 14.7 Å². The number of carboxylic acid groups (broad SMARTS) is 1. The van der Waals surface area contributed by atoms with Crippen molar-refractivity contribution in [1.29, 1.82) is 0 Å². The van der Waals surface area contributed by atoms with Crippen LogP contribution in [0, 0.1) is 11.8 Å². The molecule has 0 aromatic rings. The Labute approximate surface area is 120 Å². The molecule has 0 radical (unpaired) electrons. The highest BCUT2D eigenvalue weighted by Gasteiger charge is 2.51. The Bertz CT molecular complexity index is 401. The lowest BCUT2D eigenvalue weighted by Crippen LogP contribution is -2.54. The van der Waals surface area contributed by atoms with E-state index in [0.29, 0.717) is 6.42 Å². The van der Waals surface area contributed by atoms with Gasteiger partial charge in [-0.25, -0.2) is 4.79 Å². The number of fused-ring (bicyclic) bond motifs is 2. The molecule has 2 heterocycles. The molecule has 2 bridgehead atoms. The van der Waals surface area contributed by atoms with Crippen molar-refractivity contribution in [3.63, 3.8) is 0 Å². The van der Waals surface area contributed by atoms with Crippen molar-refractivity contribution >= 4 is 12.1 Å². The Hall–Kier alpha value is -1.26. The summed E-state index contributed by atoms with van der Waals surface area (Å²) in [5.41, 5.74) is -0.512. The minimum Gasteiger partial charge on any atom is -0.481 e. The van der Waals surface area contributed by atoms with Gasteiger partial charge in [0.25, 0.3) is 0 Å². The van der Waals surface area contributed by atoms with Gasteiger partial charge in [-0.2, -0.15) is 0 Å². The van der Waals surface area contributed by atoms with Gasteiger partial charge in [0.2, 0.25) is 0 Å². The normalized spacial score (nSPS) is 33.1. The number of amides is 1. The van der Waals surface area contributed by atoms with Crippen LogP contribution in [0.25, 0.3) is 0 Å². The van der Waals surface area contributed by atoms with Crippen molar-refractivity contribution in [2.24, 2.45) is 11.8 Å². The van der Waals surface area contributed by atoms with Crippen molar-refractivity contribution in [3.8, 4) is 0 Å². The van der Waals surface area contributed by atoms with Gasteiger partial charge in [0.05, 0.1) is 5.92 Å². The Morgan fingerprint density at radius 1 is 1.30 bits per heavy atom. The lowest BCUT2D eigenvalue weighted by Gasteiger charge is -2.43. The Kier molecular flexibility index (Phi) is 3.98. The van der Waals surface area contributed by atoms with Gasteiger partial charge in [0.1, 0.15) is 5.60 Å². The molecule has 0 spiro atoms. The number of ether oxygens (including phenoxy) is 1. The Morgan fingerprint density at radius 3 is 2.45 bits per heavy atom. The number of hydrogen-bond donors (Lipinski definition) is 1. The molecule has 0 saturated carbocycles. The molecule has 1 amide bonds. The summed E-state index contributed by atoms with van der Waals surface area (Å²) in [4.78, 5) is 25.6. The van der Waals surface area contributed by atoms with Crippen LogP contribution in [0.4, 0.5) is 4.79 Å². The fourth-order valence-corrected chi connectivity index (χ4v) is 3.74. The highest BCUT2D eigenvalue weighted by Crippen LogP contribution is 2.44. The van der Waals surface area contributed by atoms with Gasteiger partial charge in [0, 0.05) is 12.1 Å². The predicted octanol–water partition coefficient (Wildman–Crippen LogP) is 2.89. The number of hydrogen-bond acceptors (Lipinski definition) is 3. The summed E-state index contributed by atoms with van der Waals surface area (Å²) in [7, 11) is 0. The van der Waals surface area contributed by atoms with Crippen molar-refractivity contribution in [2.45, 2.75) is 71.1 Å². The molecule has 1 N–H and O–H groups in total. The maximum atomic E-state index is 12.4. The molecule has 0 aliphatic carbocycles. The van der Waals surface area contributed by atoms with E-state index in [0.717, 1.165) is 19.3 Å². The van der Waals surface area contributed by atoms with Crippen molar-refractivity contribution < 1.29 is 19.4 Å². The summed E-state index contributed by atoms with van der Waals surface area (Å²) >= 11 is 0. The van der Waals surface area contributed by atoms with E-state index in [-0.39, 0.29) is 30.0 Å². The van der Waals surface area contributed by atoms with Crippen LogP contribution in [0.2, 0.25) is 0 Å². The van der Waals surface area contributed by atoms with Crippen LogP contribution in [0.15, 0.2) is 0 Å². The highest BCUT2D eigenvalue weighted by molar-refractivity contribution is 5.73. The molecular weight excluding hydrogens is 258 g/mol. The molecule has 2 fully saturated rings. The van der Waals surface area contributed by atoms with Crippen LogP contribution < -0.4 is 0 Å². The van der Waals surface area contributed by atoms with E-state index in [9.17, 15) is 14.7 Å². The van der Waals surface area contributed by atoms with Crippen LogP contribution >= 0.6 is 0 Å². The van der Waals surface area contributed by atoms with Crippen LogP contribution in [0.5, 0.6) is 0 Å². The van der Waals surface area contributed by atoms with E-state index in [1.54, 1.807) is 0 Å². The number of carboxylic acids is 1. The maximum Gasteiger partial charge on any atom is 0.410 e. The van der Waals surface area contributed by atoms with E-state index in [4.69, 9.17) is 4.74 Å². The molecule has 5 heteroatoms. The number of aliphatic carboxylic acids is 1. The summed E-state index contributed by atoms with van der Waals surface area (Å²) in [6.45, 7) is 7.57. The van der Waals surface area contributed by atoms with E-state index in [1.807, 2.05) is 32.6 Å². The zero-order valence-corrected chi connectivity index (χ0v) is 12.8. The van der Waals surface area contributed by atoms with Crippen molar-refractivity contribution in [1.82, 2.24) is 4.90 Å². The minimum absolute atomic E-state index is 0.0229. The van der Waals surface area contributed by atoms with Crippen LogP contribution in [-0.4, -0.2) is 39.8 Å². The quantitative estimate of drug-likeness (QED) is 0.846. The first-order valence-electron chi connectivity index (χ1n) is 7.48. The zero-order valence-electron chi connectivity index (χ0n) is 12.8. The van der Waals surface area contributed by atoms with Crippen molar-refractivity contribution in [3.05, 3.63) is 0 Å². The van der Waals surface area contributed by atoms with Gasteiger partial charge in [-0.1, -0.05) is 13.3 Å². The maximum absolute atomic E-state index is 12.4. The molecule has 2 aliphatic heterocycles. The van der Waals surface area contributed by atoms with E-state index >= 15 is 0 Å². The predicted molar refractivity (Wildman–Crippen MR) is 74.4 cm³/mol. The van der Waals surface area contributed by atoms with Gasteiger partial charge in [-0.3, -0.25) is 4.79 Å². The first-order valence-corrected chi connectivity index (χ1v) is 7.48. The number of piperidine rings is 1. The first kappa shape index (κ1) is 15.1. The topological polar surface area (TPSA) is 66.8 Å². The van der Waals surface area contributed by atoms with E-state index < -0.39 is 11.6 Å².